The van der Waals surface area contributed by atoms with Crippen molar-refractivity contribution in [2.45, 2.75) is 13.3 Å². The monoisotopic (exact) mass is 334 g/mol. The highest BCUT2D eigenvalue weighted by Gasteiger charge is 2.22. The Labute approximate surface area is 141 Å². The van der Waals surface area contributed by atoms with Crippen LogP contribution in [0.4, 0.5) is 5.69 Å². The molecule has 0 heterocycles. The second-order valence-electron chi connectivity index (χ2n) is 4.78. The minimum Gasteiger partial charge on any atom is -0.465 e. The van der Waals surface area contributed by atoms with E-state index in [-0.39, 0.29) is 17.9 Å². The van der Waals surface area contributed by atoms with E-state index < -0.39 is 17.9 Å². The van der Waals surface area contributed by atoms with Crippen molar-refractivity contribution in [2.24, 2.45) is 11.0 Å². The number of carbonyl (C=O) groups is 2. The Morgan fingerprint density at radius 1 is 1.29 bits per heavy atom. The third-order valence-electron chi connectivity index (χ3n) is 3.24. The van der Waals surface area contributed by atoms with Gasteiger partial charge in [-0.05, 0) is 25.5 Å². The summed E-state index contributed by atoms with van der Waals surface area (Å²) < 4.78 is 9.47. The van der Waals surface area contributed by atoms with Crippen molar-refractivity contribution in [1.82, 2.24) is 0 Å². The van der Waals surface area contributed by atoms with Crippen molar-refractivity contribution >= 4 is 23.3 Å². The predicted octanol–water partition coefficient (Wildman–Crippen LogP) is 1.99. The molecule has 0 bridgehead atoms. The van der Waals surface area contributed by atoms with Gasteiger partial charge in [0.2, 0.25) is 0 Å². The molecule has 0 aliphatic heterocycles. The minimum atomic E-state index is -0.616. The van der Waals surface area contributed by atoms with Crippen LogP contribution in [0.25, 0.3) is 0 Å². The second kappa shape index (κ2) is 10.2. The molecule has 24 heavy (non-hydrogen) atoms. The van der Waals surface area contributed by atoms with Crippen LogP contribution in [0.5, 0.6) is 0 Å². The van der Waals surface area contributed by atoms with Gasteiger partial charge in [0.1, 0.15) is 0 Å². The SMILES string of the molecule is C/C=C/C(CCO)/C(=N/Nc1ccccc1C(=O)OC)C(=O)OC. The first-order valence-corrected chi connectivity index (χ1v) is 7.41. The maximum atomic E-state index is 12.0. The van der Waals surface area contributed by atoms with E-state index in [1.54, 1.807) is 43.3 Å². The summed E-state index contributed by atoms with van der Waals surface area (Å²) in [5, 5.41) is 13.3. The number of hydrogen-bond acceptors (Lipinski definition) is 7. The summed E-state index contributed by atoms with van der Waals surface area (Å²) in [6.45, 7) is 1.70. The zero-order valence-corrected chi connectivity index (χ0v) is 14.0. The van der Waals surface area contributed by atoms with Gasteiger partial charge in [-0.15, -0.1) is 0 Å². The fourth-order valence-electron chi connectivity index (χ4n) is 2.07. The topological polar surface area (TPSA) is 97.2 Å². The number of carbonyl (C=O) groups excluding carboxylic acids is 2. The van der Waals surface area contributed by atoms with Crippen LogP contribution in [0, 0.1) is 5.92 Å². The number of esters is 2. The number of nitrogens with zero attached hydrogens (tertiary/aromatic N) is 1. The molecular formula is C17H22N2O5. The number of rotatable bonds is 8. The van der Waals surface area contributed by atoms with Gasteiger partial charge in [0.15, 0.2) is 5.71 Å². The van der Waals surface area contributed by atoms with E-state index in [1.165, 1.54) is 14.2 Å². The van der Waals surface area contributed by atoms with Gasteiger partial charge in [-0.3, -0.25) is 5.43 Å². The molecule has 130 valence electrons. The van der Waals surface area contributed by atoms with Crippen LogP contribution in [0.1, 0.15) is 23.7 Å². The molecule has 0 aliphatic carbocycles. The Kier molecular flexibility index (Phi) is 8.21. The number of methoxy groups -OCH3 is 2. The Morgan fingerprint density at radius 2 is 2.00 bits per heavy atom. The van der Waals surface area contributed by atoms with Crippen LogP contribution < -0.4 is 5.43 Å². The smallest absolute Gasteiger partial charge is 0.354 e. The predicted molar refractivity (Wildman–Crippen MR) is 90.9 cm³/mol. The molecule has 0 radical (unpaired) electrons. The van der Waals surface area contributed by atoms with Crippen LogP contribution in [0.15, 0.2) is 41.5 Å². The number of aliphatic hydroxyl groups is 1. The molecule has 0 aromatic heterocycles. The number of ether oxygens (including phenoxy) is 2. The number of hydrazone groups is 1. The Bertz CT molecular complexity index is 625. The molecular weight excluding hydrogens is 312 g/mol. The normalized spacial score (nSPS) is 12.8. The van der Waals surface area contributed by atoms with Gasteiger partial charge >= 0.3 is 11.9 Å². The quantitative estimate of drug-likeness (QED) is 0.327. The first-order chi connectivity index (χ1) is 11.6. The third-order valence-corrected chi connectivity index (χ3v) is 3.24. The van der Waals surface area contributed by atoms with Gasteiger partial charge in [-0.2, -0.15) is 5.10 Å². The average Bonchev–Trinajstić information content (AvgIpc) is 2.61. The van der Waals surface area contributed by atoms with E-state index in [0.29, 0.717) is 12.1 Å². The van der Waals surface area contributed by atoms with E-state index in [9.17, 15) is 14.7 Å². The second-order valence-corrected chi connectivity index (χ2v) is 4.78. The maximum absolute atomic E-state index is 12.0. The van der Waals surface area contributed by atoms with E-state index >= 15 is 0 Å². The zero-order chi connectivity index (χ0) is 17.9. The zero-order valence-electron chi connectivity index (χ0n) is 14.0. The van der Waals surface area contributed by atoms with E-state index in [2.05, 4.69) is 10.5 Å². The number of benzene rings is 1. The Balaban J connectivity index is 3.17. The van der Waals surface area contributed by atoms with Gasteiger partial charge in [-0.25, -0.2) is 9.59 Å². The molecule has 1 aromatic carbocycles. The van der Waals surface area contributed by atoms with Gasteiger partial charge in [0, 0.05) is 12.5 Å². The molecule has 0 amide bonds. The van der Waals surface area contributed by atoms with Crippen molar-refractivity contribution in [2.75, 3.05) is 26.3 Å². The molecule has 0 spiro atoms. The number of hydrogen-bond donors (Lipinski definition) is 2. The lowest BCUT2D eigenvalue weighted by Gasteiger charge is -2.14. The molecule has 7 nitrogen and oxygen atoms in total. The molecule has 0 aliphatic rings. The molecule has 1 aromatic rings. The molecule has 0 saturated heterocycles. The van der Waals surface area contributed by atoms with E-state index in [1.807, 2.05) is 0 Å². The molecule has 0 saturated carbocycles. The molecule has 1 rings (SSSR count). The van der Waals surface area contributed by atoms with Gasteiger partial charge in [0.25, 0.3) is 0 Å². The summed E-state index contributed by atoms with van der Waals surface area (Å²) in [6.07, 6.45) is 3.83. The van der Waals surface area contributed by atoms with Gasteiger partial charge < -0.3 is 14.6 Å². The lowest BCUT2D eigenvalue weighted by Crippen LogP contribution is -2.26. The van der Waals surface area contributed by atoms with Crippen molar-refractivity contribution in [3.63, 3.8) is 0 Å². The number of anilines is 1. The molecule has 7 heteroatoms. The standard InChI is InChI=1S/C17H22N2O5/c1-4-7-12(10-11-20)15(17(22)24-3)19-18-14-9-6-5-8-13(14)16(21)23-2/h4-9,12,18,20H,10-11H2,1-3H3/b7-4+,19-15-. The van der Waals surface area contributed by atoms with Crippen molar-refractivity contribution in [3.8, 4) is 0 Å². The number of nitrogens with one attached hydrogen (secondary N) is 1. The minimum absolute atomic E-state index is 0.101. The fourth-order valence-corrected chi connectivity index (χ4v) is 2.07. The number of aliphatic hydroxyl groups excluding tert-OH is 1. The lowest BCUT2D eigenvalue weighted by molar-refractivity contribution is -0.133. The molecule has 1 unspecified atom stereocenters. The molecule has 1 atom stereocenters. The summed E-state index contributed by atoms with van der Waals surface area (Å²) >= 11 is 0. The van der Waals surface area contributed by atoms with E-state index in [4.69, 9.17) is 9.47 Å². The third kappa shape index (κ3) is 5.20. The summed E-state index contributed by atoms with van der Waals surface area (Å²) in [6, 6.07) is 6.63. The molecule has 2 N–H and O–H groups in total. The van der Waals surface area contributed by atoms with E-state index in [0.717, 1.165) is 0 Å². The lowest BCUT2D eigenvalue weighted by atomic mass is 9.99. The van der Waals surface area contributed by atoms with Crippen LogP contribution in [0.3, 0.4) is 0 Å². The first-order valence-electron chi connectivity index (χ1n) is 7.41. The summed E-state index contributed by atoms with van der Waals surface area (Å²) in [5.74, 6) is -1.55. The molecule has 0 fully saturated rings. The maximum Gasteiger partial charge on any atom is 0.354 e. The van der Waals surface area contributed by atoms with Crippen LogP contribution >= 0.6 is 0 Å². The highest BCUT2D eigenvalue weighted by molar-refractivity contribution is 6.37. The number of para-hydroxylation sites is 1. The average molecular weight is 334 g/mol. The van der Waals surface area contributed by atoms with Crippen LogP contribution in [0.2, 0.25) is 0 Å². The Hall–Kier alpha value is -2.67. The largest absolute Gasteiger partial charge is 0.465 e. The highest BCUT2D eigenvalue weighted by atomic mass is 16.5. The van der Waals surface area contributed by atoms with Gasteiger partial charge in [-0.1, -0.05) is 24.3 Å². The number of allylic oxidation sites excluding steroid dienone is 2. The van der Waals surface area contributed by atoms with Gasteiger partial charge in [0.05, 0.1) is 25.5 Å². The van der Waals surface area contributed by atoms with Crippen molar-refractivity contribution in [1.29, 1.82) is 0 Å². The first kappa shape index (κ1) is 19.4. The highest BCUT2D eigenvalue weighted by Crippen LogP contribution is 2.17. The van der Waals surface area contributed by atoms with Crippen molar-refractivity contribution < 1.29 is 24.2 Å². The summed E-state index contributed by atoms with van der Waals surface area (Å²) in [4.78, 5) is 23.8. The fraction of sp³-hybridized carbons (Fsp3) is 0.353. The van der Waals surface area contributed by atoms with Crippen molar-refractivity contribution in [3.05, 3.63) is 42.0 Å². The van der Waals surface area contributed by atoms with Crippen LogP contribution in [-0.4, -0.2) is 43.6 Å². The van der Waals surface area contributed by atoms with Crippen LogP contribution in [-0.2, 0) is 14.3 Å². The summed E-state index contributed by atoms with van der Waals surface area (Å²) in [5.41, 5.74) is 3.50. The Morgan fingerprint density at radius 3 is 2.58 bits per heavy atom. The summed E-state index contributed by atoms with van der Waals surface area (Å²) in [7, 11) is 2.54.